The normalized spacial score (nSPS) is 16.3. The minimum absolute atomic E-state index is 0.261. The van der Waals surface area contributed by atoms with Gasteiger partial charge in [0.05, 0.1) is 11.4 Å². The molecular formula is C18H13Cl2NO2S. The Labute approximate surface area is 154 Å². The second-order valence-electron chi connectivity index (χ2n) is 5.42. The molecule has 0 unspecified atom stereocenters. The summed E-state index contributed by atoms with van der Waals surface area (Å²) < 4.78 is 0. The molecule has 0 radical (unpaired) electrons. The predicted octanol–water partition coefficient (Wildman–Crippen LogP) is 5.54. The number of rotatable bonds is 3. The smallest absolute Gasteiger partial charge is 0.268 e. The van der Waals surface area contributed by atoms with Crippen molar-refractivity contribution in [1.82, 2.24) is 4.90 Å². The van der Waals surface area contributed by atoms with Gasteiger partial charge < -0.3 is 0 Å². The molecule has 1 heterocycles. The number of carbonyl (C=O) groups excluding carboxylic acids is 2. The standard InChI is InChI=1S/C18H13Cl2NO2S/c1-11-2-4-12(5-3-11)10-21-17(22)16(24-18(21)23)8-13-6-7-14(19)9-15(13)20/h2-9H,10H2,1H3/b16-8-. The fraction of sp³-hybridized carbons (Fsp3) is 0.111. The molecule has 6 heteroatoms. The van der Waals surface area contributed by atoms with Gasteiger partial charge in [0.1, 0.15) is 0 Å². The summed E-state index contributed by atoms with van der Waals surface area (Å²) in [5.74, 6) is -0.309. The van der Waals surface area contributed by atoms with E-state index in [2.05, 4.69) is 0 Å². The highest BCUT2D eigenvalue weighted by atomic mass is 35.5. The first kappa shape index (κ1) is 17.1. The molecule has 3 rings (SSSR count). The molecule has 0 atom stereocenters. The van der Waals surface area contributed by atoms with Crippen LogP contribution in [-0.4, -0.2) is 16.0 Å². The number of benzene rings is 2. The van der Waals surface area contributed by atoms with Gasteiger partial charge in [0.2, 0.25) is 0 Å². The number of carbonyl (C=O) groups is 2. The highest BCUT2D eigenvalue weighted by Crippen LogP contribution is 2.34. The summed E-state index contributed by atoms with van der Waals surface area (Å²) in [4.78, 5) is 26.3. The summed E-state index contributed by atoms with van der Waals surface area (Å²) in [6.07, 6.45) is 1.62. The molecule has 0 spiro atoms. The van der Waals surface area contributed by atoms with E-state index in [0.29, 0.717) is 20.5 Å². The fourth-order valence-electron chi connectivity index (χ4n) is 2.27. The lowest BCUT2D eigenvalue weighted by Gasteiger charge is -2.12. The van der Waals surface area contributed by atoms with Crippen LogP contribution in [-0.2, 0) is 11.3 Å². The van der Waals surface area contributed by atoms with Crippen molar-refractivity contribution in [3.8, 4) is 0 Å². The third kappa shape index (κ3) is 3.66. The number of aryl methyl sites for hydroxylation is 1. The lowest BCUT2D eigenvalue weighted by atomic mass is 10.1. The van der Waals surface area contributed by atoms with Gasteiger partial charge in [-0.05, 0) is 48.0 Å². The second-order valence-corrected chi connectivity index (χ2v) is 7.26. The van der Waals surface area contributed by atoms with Gasteiger partial charge in [-0.1, -0.05) is 59.1 Å². The maximum absolute atomic E-state index is 12.5. The zero-order valence-electron chi connectivity index (χ0n) is 12.8. The molecule has 0 N–H and O–H groups in total. The molecule has 2 aromatic rings. The summed E-state index contributed by atoms with van der Waals surface area (Å²) >= 11 is 12.9. The molecule has 122 valence electrons. The van der Waals surface area contributed by atoms with Crippen LogP contribution < -0.4 is 0 Å². The molecule has 24 heavy (non-hydrogen) atoms. The van der Waals surface area contributed by atoms with Crippen LogP contribution in [0.25, 0.3) is 6.08 Å². The summed E-state index contributed by atoms with van der Waals surface area (Å²) in [7, 11) is 0. The lowest BCUT2D eigenvalue weighted by molar-refractivity contribution is -0.123. The van der Waals surface area contributed by atoms with Crippen molar-refractivity contribution in [1.29, 1.82) is 0 Å². The Morgan fingerprint density at radius 1 is 1.08 bits per heavy atom. The Bertz CT molecular complexity index is 847. The highest BCUT2D eigenvalue weighted by molar-refractivity contribution is 8.18. The van der Waals surface area contributed by atoms with Gasteiger partial charge in [0.15, 0.2) is 0 Å². The molecule has 0 saturated carbocycles. The highest BCUT2D eigenvalue weighted by Gasteiger charge is 2.35. The summed E-state index contributed by atoms with van der Waals surface area (Å²) in [5.41, 5.74) is 2.70. The third-order valence-electron chi connectivity index (χ3n) is 3.58. The topological polar surface area (TPSA) is 37.4 Å². The average molecular weight is 378 g/mol. The molecular weight excluding hydrogens is 365 g/mol. The average Bonchev–Trinajstić information content (AvgIpc) is 2.80. The number of nitrogens with zero attached hydrogens (tertiary/aromatic N) is 1. The van der Waals surface area contributed by atoms with Crippen molar-refractivity contribution in [3.05, 3.63) is 74.1 Å². The van der Waals surface area contributed by atoms with Crippen LogP contribution in [0.15, 0.2) is 47.4 Å². The van der Waals surface area contributed by atoms with E-state index in [-0.39, 0.29) is 17.7 Å². The molecule has 1 aliphatic heterocycles. The Hall–Kier alpha value is -1.75. The second kappa shape index (κ2) is 7.01. The van der Waals surface area contributed by atoms with Gasteiger partial charge in [0.25, 0.3) is 11.1 Å². The zero-order chi connectivity index (χ0) is 17.3. The number of thioether (sulfide) groups is 1. The maximum Gasteiger partial charge on any atom is 0.293 e. The molecule has 3 nitrogen and oxygen atoms in total. The Kier molecular flexibility index (Phi) is 4.99. The van der Waals surface area contributed by atoms with Crippen LogP contribution in [0.3, 0.4) is 0 Å². The monoisotopic (exact) mass is 377 g/mol. The molecule has 2 aromatic carbocycles. The van der Waals surface area contributed by atoms with Crippen molar-refractivity contribution >= 4 is 52.2 Å². The van der Waals surface area contributed by atoms with Crippen molar-refractivity contribution < 1.29 is 9.59 Å². The van der Waals surface area contributed by atoms with Crippen molar-refractivity contribution in [2.75, 3.05) is 0 Å². The van der Waals surface area contributed by atoms with Crippen molar-refractivity contribution in [3.63, 3.8) is 0 Å². The van der Waals surface area contributed by atoms with E-state index in [1.807, 2.05) is 31.2 Å². The van der Waals surface area contributed by atoms with Crippen molar-refractivity contribution in [2.45, 2.75) is 13.5 Å². The van der Waals surface area contributed by atoms with E-state index in [4.69, 9.17) is 23.2 Å². The minimum atomic E-state index is -0.309. The first-order valence-corrected chi connectivity index (χ1v) is 8.77. The van der Waals surface area contributed by atoms with E-state index >= 15 is 0 Å². The SMILES string of the molecule is Cc1ccc(CN2C(=O)S/C(=C\c3ccc(Cl)cc3Cl)C2=O)cc1. The molecule has 1 aliphatic rings. The summed E-state index contributed by atoms with van der Waals surface area (Å²) in [5, 5.41) is 0.675. The molecule has 0 aliphatic carbocycles. The van der Waals surface area contributed by atoms with Crippen LogP contribution >= 0.6 is 35.0 Å². The van der Waals surface area contributed by atoms with E-state index < -0.39 is 0 Å². The van der Waals surface area contributed by atoms with E-state index in [0.717, 1.165) is 22.9 Å². The third-order valence-corrected chi connectivity index (χ3v) is 5.05. The van der Waals surface area contributed by atoms with Gasteiger partial charge in [-0.25, -0.2) is 0 Å². The van der Waals surface area contributed by atoms with Gasteiger partial charge >= 0.3 is 0 Å². The zero-order valence-corrected chi connectivity index (χ0v) is 15.1. The van der Waals surface area contributed by atoms with Crippen LogP contribution in [0.5, 0.6) is 0 Å². The van der Waals surface area contributed by atoms with Gasteiger partial charge in [-0.2, -0.15) is 0 Å². The van der Waals surface area contributed by atoms with Crippen LogP contribution in [0, 0.1) is 6.92 Å². The molecule has 0 bridgehead atoms. The fourth-order valence-corrected chi connectivity index (χ4v) is 3.56. The van der Waals surface area contributed by atoms with Gasteiger partial charge in [0, 0.05) is 10.0 Å². The number of halogens is 2. The Morgan fingerprint density at radius 3 is 2.46 bits per heavy atom. The lowest BCUT2D eigenvalue weighted by Crippen LogP contribution is -2.27. The minimum Gasteiger partial charge on any atom is -0.268 e. The number of hydrogen-bond donors (Lipinski definition) is 0. The van der Waals surface area contributed by atoms with E-state index in [9.17, 15) is 9.59 Å². The molecule has 1 fully saturated rings. The number of amides is 2. The number of hydrogen-bond acceptors (Lipinski definition) is 3. The van der Waals surface area contributed by atoms with Crippen LogP contribution in [0.2, 0.25) is 10.0 Å². The molecule has 0 aromatic heterocycles. The van der Waals surface area contributed by atoms with Gasteiger partial charge in [-0.3, -0.25) is 14.5 Å². The maximum atomic E-state index is 12.5. The Balaban J connectivity index is 1.83. The van der Waals surface area contributed by atoms with Crippen LogP contribution in [0.1, 0.15) is 16.7 Å². The molecule has 1 saturated heterocycles. The van der Waals surface area contributed by atoms with E-state index in [1.165, 1.54) is 4.90 Å². The Morgan fingerprint density at radius 2 is 1.79 bits per heavy atom. The quantitative estimate of drug-likeness (QED) is 0.659. The van der Waals surface area contributed by atoms with Crippen LogP contribution in [0.4, 0.5) is 4.79 Å². The summed E-state index contributed by atoms with van der Waals surface area (Å²) in [6, 6.07) is 12.8. The van der Waals surface area contributed by atoms with E-state index in [1.54, 1.807) is 24.3 Å². The van der Waals surface area contributed by atoms with Gasteiger partial charge in [-0.15, -0.1) is 0 Å². The summed E-state index contributed by atoms with van der Waals surface area (Å²) in [6.45, 7) is 2.25. The number of imide groups is 1. The first-order chi connectivity index (χ1) is 11.4. The first-order valence-electron chi connectivity index (χ1n) is 7.20. The predicted molar refractivity (Wildman–Crippen MR) is 99.2 cm³/mol. The molecule has 2 amide bonds. The largest absolute Gasteiger partial charge is 0.293 e. The van der Waals surface area contributed by atoms with Crippen molar-refractivity contribution in [2.24, 2.45) is 0 Å².